The molecule has 3 aromatic rings. The van der Waals surface area contributed by atoms with E-state index in [1.807, 2.05) is 0 Å². The Labute approximate surface area is 221 Å². The summed E-state index contributed by atoms with van der Waals surface area (Å²) in [6.07, 6.45) is 4.63. The average molecular weight is 541 g/mol. The molecule has 10 nitrogen and oxygen atoms in total. The number of amides is 2. The number of hydrogen-bond donors (Lipinski definition) is 1. The summed E-state index contributed by atoms with van der Waals surface area (Å²) < 4.78 is 31.3. The molecule has 1 atom stereocenters. The zero-order chi connectivity index (χ0) is 27.0. The first-order valence-electron chi connectivity index (χ1n) is 12.9. The van der Waals surface area contributed by atoms with Gasteiger partial charge in [0.1, 0.15) is 0 Å². The van der Waals surface area contributed by atoms with Gasteiger partial charge < -0.3 is 14.6 Å². The van der Waals surface area contributed by atoms with E-state index in [4.69, 9.17) is 4.42 Å². The predicted octanol–water partition coefficient (Wildman–Crippen LogP) is 2.94. The number of rotatable bonds is 12. The largest absolute Gasteiger partial charge is 0.432 e. The maximum Gasteiger partial charge on any atom is 0.265 e. The molecule has 1 aliphatic heterocycles. The number of nitrogens with zero attached hydrogens (tertiary/aromatic N) is 3. The van der Waals surface area contributed by atoms with Gasteiger partial charge in [0.15, 0.2) is 21.1 Å². The van der Waals surface area contributed by atoms with Crippen LogP contribution in [-0.2, 0) is 25.2 Å². The van der Waals surface area contributed by atoms with Crippen LogP contribution in [0.2, 0.25) is 0 Å². The van der Waals surface area contributed by atoms with Crippen molar-refractivity contribution in [3.63, 3.8) is 0 Å². The van der Waals surface area contributed by atoms with Crippen LogP contribution in [0, 0.1) is 5.92 Å². The number of piperidine rings is 1. The quantitative estimate of drug-likeness (QED) is 0.273. The number of nitrogens with one attached hydrogen (secondary N) is 1. The van der Waals surface area contributed by atoms with Crippen LogP contribution < -0.4 is 5.32 Å². The summed E-state index contributed by atoms with van der Waals surface area (Å²) in [6, 6.07) is 12.1. The Kier molecular flexibility index (Phi) is 9.22. The highest BCUT2D eigenvalue weighted by Crippen LogP contribution is 2.18. The summed E-state index contributed by atoms with van der Waals surface area (Å²) in [5.41, 5.74) is 1.39. The van der Waals surface area contributed by atoms with E-state index >= 15 is 0 Å². The van der Waals surface area contributed by atoms with E-state index in [-0.39, 0.29) is 42.7 Å². The summed E-state index contributed by atoms with van der Waals surface area (Å²) in [5.74, 6) is -2.73. The van der Waals surface area contributed by atoms with E-state index in [0.717, 1.165) is 19.3 Å². The molecule has 1 fully saturated rings. The van der Waals surface area contributed by atoms with Crippen molar-refractivity contribution in [3.8, 4) is 0 Å². The minimum atomic E-state index is -3.66. The van der Waals surface area contributed by atoms with Crippen LogP contribution in [0.5, 0.6) is 0 Å². The fraction of sp³-hybridized carbons (Fsp3) is 0.444. The molecule has 2 amide bonds. The lowest BCUT2D eigenvalue weighted by Gasteiger charge is -2.28. The lowest BCUT2D eigenvalue weighted by atomic mass is 10.0. The van der Waals surface area contributed by atoms with Crippen molar-refractivity contribution in [1.82, 2.24) is 20.2 Å². The van der Waals surface area contributed by atoms with Crippen molar-refractivity contribution in [2.24, 2.45) is 5.92 Å². The van der Waals surface area contributed by atoms with Gasteiger partial charge in [0.2, 0.25) is 17.6 Å². The fourth-order valence-electron chi connectivity index (χ4n) is 4.50. The van der Waals surface area contributed by atoms with Crippen LogP contribution in [0.15, 0.2) is 53.1 Å². The zero-order valence-corrected chi connectivity index (χ0v) is 22.0. The minimum Gasteiger partial charge on any atom is -0.432 e. The summed E-state index contributed by atoms with van der Waals surface area (Å²) in [4.78, 5) is 48.2. The van der Waals surface area contributed by atoms with E-state index in [1.165, 1.54) is 0 Å². The molecule has 1 unspecified atom stereocenters. The van der Waals surface area contributed by atoms with Crippen LogP contribution in [0.4, 0.5) is 0 Å². The molecule has 0 spiro atoms. The van der Waals surface area contributed by atoms with Crippen molar-refractivity contribution in [1.29, 1.82) is 0 Å². The number of sulfone groups is 1. The summed E-state index contributed by atoms with van der Waals surface area (Å²) in [7, 11) is -3.66. The Hall–Kier alpha value is -3.60. The molecule has 1 saturated heterocycles. The maximum absolute atomic E-state index is 13.1. The molecule has 2 aromatic heterocycles. The van der Waals surface area contributed by atoms with Crippen molar-refractivity contribution >= 4 is 38.7 Å². The molecule has 0 saturated carbocycles. The number of Topliss-reactive ketones (excluding diaryl/α,β-unsaturated/α-hetero) is 1. The van der Waals surface area contributed by atoms with Crippen LogP contribution in [0.25, 0.3) is 11.2 Å². The van der Waals surface area contributed by atoms with Crippen LogP contribution in [0.1, 0.15) is 54.8 Å². The standard InChI is InChI=1S/C27H32N4O6S/c32-22(27-30-25-23(37-27)12-8-13-28-25)11-7-14-29-26(34)21(17-24(33)31-15-5-2-6-16-31)19-38(35,36)18-20-9-3-1-4-10-20/h1,3-4,8-10,12-13,21H,2,5-7,11,14-19H2,(H,29,34). The third kappa shape index (κ3) is 7.70. The van der Waals surface area contributed by atoms with Gasteiger partial charge in [-0.3, -0.25) is 14.4 Å². The average Bonchev–Trinajstić information content (AvgIpc) is 3.36. The molecule has 0 aliphatic carbocycles. The number of benzene rings is 1. The van der Waals surface area contributed by atoms with Gasteiger partial charge in [0.25, 0.3) is 5.89 Å². The second-order valence-corrected chi connectivity index (χ2v) is 11.7. The molecule has 202 valence electrons. The number of ketones is 1. The highest BCUT2D eigenvalue weighted by Gasteiger charge is 2.30. The summed E-state index contributed by atoms with van der Waals surface area (Å²) >= 11 is 0. The van der Waals surface area contributed by atoms with Crippen LogP contribution in [-0.4, -0.2) is 66.3 Å². The van der Waals surface area contributed by atoms with Gasteiger partial charge >= 0.3 is 0 Å². The van der Waals surface area contributed by atoms with Crippen LogP contribution >= 0.6 is 0 Å². The van der Waals surface area contributed by atoms with Gasteiger partial charge in [-0.2, -0.15) is 4.98 Å². The number of hydrogen-bond acceptors (Lipinski definition) is 8. The fourth-order valence-corrected chi connectivity index (χ4v) is 6.20. The maximum atomic E-state index is 13.1. The molecular formula is C27H32N4O6S. The Bertz CT molecular complexity index is 1330. The van der Waals surface area contributed by atoms with Gasteiger partial charge in [-0.25, -0.2) is 13.4 Å². The second kappa shape index (κ2) is 12.8. The molecule has 1 aliphatic rings. The molecule has 11 heteroatoms. The first-order valence-corrected chi connectivity index (χ1v) is 14.7. The predicted molar refractivity (Wildman–Crippen MR) is 141 cm³/mol. The molecular weight excluding hydrogens is 508 g/mol. The Balaban J connectivity index is 1.34. The Morgan fingerprint density at radius 1 is 1.03 bits per heavy atom. The monoisotopic (exact) mass is 540 g/mol. The number of carbonyl (C=O) groups is 3. The topological polar surface area (TPSA) is 140 Å². The minimum absolute atomic E-state index is 0.0398. The van der Waals surface area contributed by atoms with Crippen molar-refractivity contribution in [2.45, 2.75) is 44.3 Å². The molecule has 0 bridgehead atoms. The number of carbonyl (C=O) groups excluding carboxylic acids is 3. The molecule has 0 radical (unpaired) electrons. The molecule has 38 heavy (non-hydrogen) atoms. The number of oxazole rings is 1. The van der Waals surface area contributed by atoms with E-state index in [1.54, 1.807) is 53.6 Å². The third-order valence-electron chi connectivity index (χ3n) is 6.47. The molecule has 1 aromatic carbocycles. The lowest BCUT2D eigenvalue weighted by molar-refractivity contribution is -0.136. The number of likely N-dealkylation sites (tertiary alicyclic amines) is 1. The van der Waals surface area contributed by atoms with Gasteiger partial charge in [-0.1, -0.05) is 30.3 Å². The Morgan fingerprint density at radius 2 is 1.79 bits per heavy atom. The third-order valence-corrected chi connectivity index (χ3v) is 8.15. The lowest BCUT2D eigenvalue weighted by Crippen LogP contribution is -2.41. The first-order chi connectivity index (χ1) is 18.3. The van der Waals surface area contributed by atoms with Gasteiger partial charge in [-0.05, 0) is 43.4 Å². The molecule has 4 rings (SSSR count). The van der Waals surface area contributed by atoms with Gasteiger partial charge in [0, 0.05) is 38.7 Å². The second-order valence-electron chi connectivity index (χ2n) is 9.54. The van der Waals surface area contributed by atoms with Gasteiger partial charge in [-0.15, -0.1) is 0 Å². The van der Waals surface area contributed by atoms with E-state index < -0.39 is 27.4 Å². The smallest absolute Gasteiger partial charge is 0.265 e. The van der Waals surface area contributed by atoms with E-state index in [0.29, 0.717) is 36.3 Å². The van der Waals surface area contributed by atoms with E-state index in [2.05, 4.69) is 15.3 Å². The van der Waals surface area contributed by atoms with E-state index in [9.17, 15) is 22.8 Å². The van der Waals surface area contributed by atoms with Crippen molar-refractivity contribution < 1.29 is 27.2 Å². The summed E-state index contributed by atoms with van der Waals surface area (Å²) in [5, 5.41) is 2.72. The highest BCUT2D eigenvalue weighted by molar-refractivity contribution is 7.90. The first kappa shape index (κ1) is 27.4. The number of pyridine rings is 1. The number of fused-ring (bicyclic) bond motifs is 1. The number of aromatic nitrogens is 2. The van der Waals surface area contributed by atoms with Crippen molar-refractivity contribution in [3.05, 3.63) is 60.1 Å². The normalized spacial score (nSPS) is 14.8. The Morgan fingerprint density at radius 3 is 2.53 bits per heavy atom. The molecule has 1 N–H and O–H groups in total. The zero-order valence-electron chi connectivity index (χ0n) is 21.2. The van der Waals surface area contributed by atoms with Crippen molar-refractivity contribution in [2.75, 3.05) is 25.4 Å². The van der Waals surface area contributed by atoms with Gasteiger partial charge in [0.05, 0.1) is 17.4 Å². The van der Waals surface area contributed by atoms with Crippen LogP contribution in [0.3, 0.4) is 0 Å². The molecule has 3 heterocycles. The highest BCUT2D eigenvalue weighted by atomic mass is 32.2. The SMILES string of the molecule is O=C(CCCNC(=O)C(CC(=O)N1CCCCC1)CS(=O)(=O)Cc1ccccc1)c1nc2ncccc2o1. The summed E-state index contributed by atoms with van der Waals surface area (Å²) in [6.45, 7) is 1.39.